The summed E-state index contributed by atoms with van der Waals surface area (Å²) in [6, 6.07) is 3.90. The topological polar surface area (TPSA) is 29.3 Å². The predicted molar refractivity (Wildman–Crippen MR) is 61.0 cm³/mol. The van der Waals surface area contributed by atoms with Gasteiger partial charge in [0.1, 0.15) is 0 Å². The van der Waals surface area contributed by atoms with Crippen LogP contribution in [0.3, 0.4) is 0 Å². The fraction of sp³-hybridized carbons (Fsp3) is 0.500. The Morgan fingerprint density at radius 3 is 2.71 bits per heavy atom. The van der Waals surface area contributed by atoms with Gasteiger partial charge in [-0.2, -0.15) is 13.2 Å². The molecular formula is C12H15F3N2. The largest absolute Gasteiger partial charge is 0.416 e. The van der Waals surface area contributed by atoms with Crippen molar-refractivity contribution in [3.63, 3.8) is 0 Å². The summed E-state index contributed by atoms with van der Waals surface area (Å²) in [5.41, 5.74) is 6.75. The highest BCUT2D eigenvalue weighted by molar-refractivity contribution is 5.60. The zero-order chi connectivity index (χ0) is 12.6. The van der Waals surface area contributed by atoms with Crippen molar-refractivity contribution in [1.29, 1.82) is 0 Å². The fourth-order valence-electron chi connectivity index (χ4n) is 2.16. The lowest BCUT2D eigenvalue weighted by Crippen LogP contribution is -2.34. The zero-order valence-electron chi connectivity index (χ0n) is 9.59. The first kappa shape index (κ1) is 12.2. The number of fused-ring (bicyclic) bond motifs is 1. The van der Waals surface area contributed by atoms with Gasteiger partial charge >= 0.3 is 6.18 Å². The minimum absolute atomic E-state index is 0.0458. The number of hydrogen-bond donors (Lipinski definition) is 1. The Morgan fingerprint density at radius 1 is 1.41 bits per heavy atom. The normalized spacial score (nSPS) is 17.1. The average molecular weight is 244 g/mol. The van der Waals surface area contributed by atoms with Gasteiger partial charge in [0, 0.05) is 24.8 Å². The molecule has 0 amide bonds. The average Bonchev–Trinajstić information content (AvgIpc) is 2.59. The van der Waals surface area contributed by atoms with Crippen molar-refractivity contribution in [1.82, 2.24) is 0 Å². The van der Waals surface area contributed by atoms with Crippen LogP contribution in [0.2, 0.25) is 0 Å². The Bertz CT molecular complexity index is 413. The van der Waals surface area contributed by atoms with Crippen molar-refractivity contribution < 1.29 is 13.2 Å². The van der Waals surface area contributed by atoms with E-state index < -0.39 is 11.7 Å². The van der Waals surface area contributed by atoms with Gasteiger partial charge in [-0.15, -0.1) is 0 Å². The highest BCUT2D eigenvalue weighted by atomic mass is 19.4. The number of nitrogens with zero attached hydrogens (tertiary/aromatic N) is 1. The Kier molecular flexibility index (Phi) is 3.03. The molecule has 0 radical (unpaired) electrons. The molecule has 1 aromatic rings. The van der Waals surface area contributed by atoms with Crippen LogP contribution >= 0.6 is 0 Å². The van der Waals surface area contributed by atoms with Crippen molar-refractivity contribution in [3.8, 4) is 0 Å². The summed E-state index contributed by atoms with van der Waals surface area (Å²) in [4.78, 5) is 1.93. The van der Waals surface area contributed by atoms with Gasteiger partial charge in [-0.3, -0.25) is 0 Å². The first-order valence-electron chi connectivity index (χ1n) is 5.58. The minimum atomic E-state index is -4.28. The molecule has 0 aromatic heterocycles. The maximum absolute atomic E-state index is 12.6. The lowest BCUT2D eigenvalue weighted by molar-refractivity contribution is -0.137. The van der Waals surface area contributed by atoms with Gasteiger partial charge in [0.15, 0.2) is 0 Å². The van der Waals surface area contributed by atoms with Crippen LogP contribution in [0.5, 0.6) is 0 Å². The number of nitrogens with two attached hydrogens (primary N) is 1. The van der Waals surface area contributed by atoms with E-state index in [1.54, 1.807) is 6.07 Å². The van der Waals surface area contributed by atoms with Crippen molar-refractivity contribution in [2.45, 2.75) is 25.6 Å². The molecule has 1 atom stereocenters. The molecule has 94 valence electrons. The van der Waals surface area contributed by atoms with E-state index in [9.17, 15) is 13.2 Å². The Morgan fingerprint density at radius 2 is 2.12 bits per heavy atom. The maximum Gasteiger partial charge on any atom is 0.416 e. The Balaban J connectivity index is 2.31. The summed E-state index contributed by atoms with van der Waals surface area (Å²) >= 11 is 0. The molecule has 1 aliphatic rings. The smallest absolute Gasteiger partial charge is 0.369 e. The number of alkyl halides is 3. The molecule has 2 nitrogen and oxygen atoms in total. The summed E-state index contributed by atoms with van der Waals surface area (Å²) in [6.07, 6.45) is -3.49. The molecule has 17 heavy (non-hydrogen) atoms. The fourth-order valence-corrected chi connectivity index (χ4v) is 2.16. The maximum atomic E-state index is 12.6. The number of anilines is 1. The predicted octanol–water partition coefficient (Wildman–Crippen LogP) is 2.42. The number of halogens is 3. The lowest BCUT2D eigenvalue weighted by Gasteiger charge is -2.22. The highest BCUT2D eigenvalue weighted by Gasteiger charge is 2.32. The van der Waals surface area contributed by atoms with Crippen LogP contribution in [-0.4, -0.2) is 19.1 Å². The van der Waals surface area contributed by atoms with E-state index in [-0.39, 0.29) is 6.04 Å². The van der Waals surface area contributed by atoms with E-state index >= 15 is 0 Å². The van der Waals surface area contributed by atoms with Crippen LogP contribution in [0.1, 0.15) is 18.1 Å². The summed E-state index contributed by atoms with van der Waals surface area (Å²) in [6.45, 7) is 3.19. The Labute approximate surface area is 98.2 Å². The quantitative estimate of drug-likeness (QED) is 0.865. The molecule has 2 rings (SSSR count). The van der Waals surface area contributed by atoms with E-state index in [2.05, 4.69) is 0 Å². The van der Waals surface area contributed by atoms with E-state index in [4.69, 9.17) is 5.73 Å². The van der Waals surface area contributed by atoms with Crippen molar-refractivity contribution in [3.05, 3.63) is 29.3 Å². The standard InChI is InChI=1S/C12H15F3N2/c1-8(16)7-17-5-4-9-2-3-10(6-11(9)17)12(13,14)15/h2-3,6,8H,4-5,7,16H2,1H3. The molecule has 0 fully saturated rings. The van der Waals surface area contributed by atoms with Gasteiger partial charge in [0.05, 0.1) is 5.56 Å². The van der Waals surface area contributed by atoms with E-state index in [0.717, 1.165) is 24.6 Å². The molecule has 5 heteroatoms. The van der Waals surface area contributed by atoms with Gasteiger partial charge in [-0.25, -0.2) is 0 Å². The summed E-state index contributed by atoms with van der Waals surface area (Å²) in [5.74, 6) is 0. The summed E-state index contributed by atoms with van der Waals surface area (Å²) in [7, 11) is 0. The van der Waals surface area contributed by atoms with E-state index in [0.29, 0.717) is 12.2 Å². The molecule has 1 aliphatic heterocycles. The van der Waals surface area contributed by atoms with Gasteiger partial charge in [0.2, 0.25) is 0 Å². The number of benzene rings is 1. The van der Waals surface area contributed by atoms with Crippen LogP contribution in [0.25, 0.3) is 0 Å². The van der Waals surface area contributed by atoms with Gasteiger partial charge < -0.3 is 10.6 Å². The second-order valence-electron chi connectivity index (χ2n) is 4.51. The van der Waals surface area contributed by atoms with Crippen LogP contribution in [-0.2, 0) is 12.6 Å². The van der Waals surface area contributed by atoms with Crippen LogP contribution < -0.4 is 10.6 Å². The molecule has 0 aliphatic carbocycles. The summed E-state index contributed by atoms with van der Waals surface area (Å²) < 4.78 is 37.8. The van der Waals surface area contributed by atoms with Gasteiger partial charge in [0.25, 0.3) is 0 Å². The molecular weight excluding hydrogens is 229 g/mol. The van der Waals surface area contributed by atoms with Crippen molar-refractivity contribution in [2.24, 2.45) is 5.73 Å². The molecule has 0 spiro atoms. The Hall–Kier alpha value is -1.23. The second-order valence-corrected chi connectivity index (χ2v) is 4.51. The van der Waals surface area contributed by atoms with E-state index in [1.165, 1.54) is 6.07 Å². The third-order valence-corrected chi connectivity index (χ3v) is 2.91. The SMILES string of the molecule is CC(N)CN1CCc2ccc(C(F)(F)F)cc21. The summed E-state index contributed by atoms with van der Waals surface area (Å²) in [5, 5.41) is 0. The third kappa shape index (κ3) is 2.54. The first-order chi connectivity index (χ1) is 7.88. The number of hydrogen-bond acceptors (Lipinski definition) is 2. The second kappa shape index (κ2) is 4.22. The molecule has 1 aromatic carbocycles. The highest BCUT2D eigenvalue weighted by Crippen LogP contribution is 2.35. The van der Waals surface area contributed by atoms with Crippen LogP contribution in [0.4, 0.5) is 18.9 Å². The van der Waals surface area contributed by atoms with Gasteiger partial charge in [-0.1, -0.05) is 6.07 Å². The molecule has 0 saturated heterocycles. The zero-order valence-corrected chi connectivity index (χ0v) is 9.59. The molecule has 0 bridgehead atoms. The third-order valence-electron chi connectivity index (χ3n) is 2.91. The van der Waals surface area contributed by atoms with Gasteiger partial charge in [-0.05, 0) is 31.0 Å². The van der Waals surface area contributed by atoms with Crippen molar-refractivity contribution >= 4 is 5.69 Å². The molecule has 1 heterocycles. The molecule has 1 unspecified atom stereocenters. The monoisotopic (exact) mass is 244 g/mol. The van der Waals surface area contributed by atoms with E-state index in [1.807, 2.05) is 11.8 Å². The minimum Gasteiger partial charge on any atom is -0.369 e. The number of rotatable bonds is 2. The lowest BCUT2D eigenvalue weighted by atomic mass is 10.1. The van der Waals surface area contributed by atoms with Crippen LogP contribution in [0, 0.1) is 0 Å². The van der Waals surface area contributed by atoms with Crippen molar-refractivity contribution in [2.75, 3.05) is 18.0 Å². The molecule has 2 N–H and O–H groups in total. The van der Waals surface area contributed by atoms with Crippen LogP contribution in [0.15, 0.2) is 18.2 Å². The molecule has 0 saturated carbocycles. The first-order valence-corrected chi connectivity index (χ1v) is 5.58.